The Morgan fingerprint density at radius 1 is 1.35 bits per heavy atom. The smallest absolute Gasteiger partial charge is 0.0959 e. The molecule has 4 heteroatoms. The van der Waals surface area contributed by atoms with Crippen LogP contribution in [-0.4, -0.2) is 34.2 Å². The lowest BCUT2D eigenvalue weighted by molar-refractivity contribution is -0.0262. The van der Waals surface area contributed by atoms with Crippen molar-refractivity contribution >= 4 is 11.3 Å². The molecule has 1 aromatic rings. The van der Waals surface area contributed by atoms with Gasteiger partial charge in [0.15, 0.2) is 0 Å². The predicted octanol–water partition coefficient (Wildman–Crippen LogP) is 3.25. The van der Waals surface area contributed by atoms with Gasteiger partial charge < -0.3 is 5.11 Å². The monoisotopic (exact) mass is 294 g/mol. The molecule has 0 spiro atoms. The zero-order chi connectivity index (χ0) is 14.3. The molecule has 2 fully saturated rings. The van der Waals surface area contributed by atoms with Gasteiger partial charge in [0, 0.05) is 30.1 Å². The SMILES string of the molecule is CC(C)(C)[C@@H]1CCN(Cc2cnc(C3CC3)s2)C[C@H]1O. The number of aromatic nitrogens is 1. The van der Waals surface area contributed by atoms with Crippen LogP contribution in [0.15, 0.2) is 6.20 Å². The molecule has 1 N–H and O–H groups in total. The fourth-order valence-electron chi connectivity index (χ4n) is 3.29. The average Bonchev–Trinajstić information content (AvgIpc) is 3.09. The first-order valence-corrected chi connectivity index (χ1v) is 8.60. The second kappa shape index (κ2) is 5.39. The summed E-state index contributed by atoms with van der Waals surface area (Å²) in [6.45, 7) is 9.57. The molecule has 20 heavy (non-hydrogen) atoms. The Bertz CT molecular complexity index is 461. The van der Waals surface area contributed by atoms with Gasteiger partial charge in [-0.25, -0.2) is 4.98 Å². The number of hydrogen-bond acceptors (Lipinski definition) is 4. The molecule has 1 aliphatic heterocycles. The number of likely N-dealkylation sites (tertiary alicyclic amines) is 1. The lowest BCUT2D eigenvalue weighted by Gasteiger charge is -2.42. The molecule has 0 aromatic carbocycles. The topological polar surface area (TPSA) is 36.4 Å². The van der Waals surface area contributed by atoms with E-state index in [1.165, 1.54) is 22.7 Å². The molecular formula is C16H26N2OS. The maximum absolute atomic E-state index is 10.4. The molecular weight excluding hydrogens is 268 g/mol. The molecule has 1 aromatic heterocycles. The molecule has 2 heterocycles. The highest BCUT2D eigenvalue weighted by atomic mass is 32.1. The molecule has 2 atom stereocenters. The lowest BCUT2D eigenvalue weighted by Crippen LogP contribution is -2.47. The highest BCUT2D eigenvalue weighted by molar-refractivity contribution is 7.11. The fraction of sp³-hybridized carbons (Fsp3) is 0.812. The van der Waals surface area contributed by atoms with Gasteiger partial charge in [-0.05, 0) is 37.1 Å². The quantitative estimate of drug-likeness (QED) is 0.929. The molecule has 0 amide bonds. The summed E-state index contributed by atoms with van der Waals surface area (Å²) in [7, 11) is 0. The van der Waals surface area contributed by atoms with E-state index in [2.05, 4.69) is 30.7 Å². The van der Waals surface area contributed by atoms with Crippen LogP contribution in [0.2, 0.25) is 0 Å². The largest absolute Gasteiger partial charge is 0.391 e. The maximum atomic E-state index is 10.4. The van der Waals surface area contributed by atoms with Gasteiger partial charge in [-0.3, -0.25) is 4.90 Å². The number of aliphatic hydroxyl groups excluding tert-OH is 1. The minimum Gasteiger partial charge on any atom is -0.391 e. The molecule has 2 aliphatic rings. The van der Waals surface area contributed by atoms with E-state index in [9.17, 15) is 5.11 Å². The van der Waals surface area contributed by atoms with Gasteiger partial charge in [0.05, 0.1) is 11.1 Å². The Morgan fingerprint density at radius 2 is 2.10 bits per heavy atom. The van der Waals surface area contributed by atoms with Crippen LogP contribution >= 0.6 is 11.3 Å². The number of hydrogen-bond donors (Lipinski definition) is 1. The minimum absolute atomic E-state index is 0.195. The van der Waals surface area contributed by atoms with Crippen molar-refractivity contribution < 1.29 is 5.11 Å². The van der Waals surface area contributed by atoms with E-state index in [0.29, 0.717) is 5.92 Å². The first-order chi connectivity index (χ1) is 9.43. The van der Waals surface area contributed by atoms with E-state index in [1.54, 1.807) is 0 Å². The van der Waals surface area contributed by atoms with Crippen molar-refractivity contribution in [2.75, 3.05) is 13.1 Å². The van der Waals surface area contributed by atoms with Gasteiger partial charge in [0.1, 0.15) is 0 Å². The second-order valence-electron chi connectivity index (χ2n) is 7.50. The van der Waals surface area contributed by atoms with Crippen LogP contribution in [0.1, 0.15) is 55.8 Å². The standard InChI is InChI=1S/C16H26N2OS/c1-16(2,3)13-6-7-18(10-14(13)19)9-12-8-17-15(20-12)11-4-5-11/h8,11,13-14,19H,4-7,9-10H2,1-3H3/t13-,14-/m1/s1. The number of rotatable bonds is 3. The van der Waals surface area contributed by atoms with Crippen molar-refractivity contribution in [2.45, 2.75) is 58.6 Å². The van der Waals surface area contributed by atoms with Crippen LogP contribution in [0.25, 0.3) is 0 Å². The molecule has 112 valence electrons. The highest BCUT2D eigenvalue weighted by Gasteiger charge is 2.35. The predicted molar refractivity (Wildman–Crippen MR) is 82.9 cm³/mol. The number of thiazole rings is 1. The zero-order valence-electron chi connectivity index (χ0n) is 12.8. The summed E-state index contributed by atoms with van der Waals surface area (Å²) >= 11 is 1.87. The van der Waals surface area contributed by atoms with Crippen LogP contribution in [0.5, 0.6) is 0 Å². The van der Waals surface area contributed by atoms with Crippen LogP contribution < -0.4 is 0 Å². The summed E-state index contributed by atoms with van der Waals surface area (Å²) in [5, 5.41) is 11.7. The Morgan fingerprint density at radius 3 is 2.70 bits per heavy atom. The molecule has 1 saturated carbocycles. The van der Waals surface area contributed by atoms with Crippen LogP contribution in [0, 0.1) is 11.3 Å². The average molecular weight is 294 g/mol. The number of aliphatic hydroxyl groups is 1. The van der Waals surface area contributed by atoms with E-state index >= 15 is 0 Å². The van der Waals surface area contributed by atoms with Crippen molar-refractivity contribution in [3.63, 3.8) is 0 Å². The van der Waals surface area contributed by atoms with Crippen molar-refractivity contribution in [2.24, 2.45) is 11.3 Å². The van der Waals surface area contributed by atoms with Crippen LogP contribution in [0.3, 0.4) is 0 Å². The molecule has 3 rings (SSSR count). The highest BCUT2D eigenvalue weighted by Crippen LogP contribution is 2.42. The fourth-order valence-corrected chi connectivity index (χ4v) is 4.41. The van der Waals surface area contributed by atoms with E-state index in [0.717, 1.165) is 32.0 Å². The van der Waals surface area contributed by atoms with E-state index in [4.69, 9.17) is 0 Å². The van der Waals surface area contributed by atoms with Gasteiger partial charge in [0.2, 0.25) is 0 Å². The normalized spacial score (nSPS) is 28.8. The Balaban J connectivity index is 1.56. The molecule has 0 radical (unpaired) electrons. The Labute approximate surface area is 126 Å². The van der Waals surface area contributed by atoms with Gasteiger partial charge in [0.25, 0.3) is 0 Å². The number of piperidine rings is 1. The minimum atomic E-state index is -0.195. The molecule has 1 saturated heterocycles. The zero-order valence-corrected chi connectivity index (χ0v) is 13.6. The second-order valence-corrected chi connectivity index (χ2v) is 8.65. The summed E-state index contributed by atoms with van der Waals surface area (Å²) in [5.41, 5.74) is 0.204. The van der Waals surface area contributed by atoms with Gasteiger partial charge in [-0.2, -0.15) is 0 Å². The summed E-state index contributed by atoms with van der Waals surface area (Å²) < 4.78 is 0. The van der Waals surface area contributed by atoms with Crippen molar-refractivity contribution in [3.05, 3.63) is 16.1 Å². The summed E-state index contributed by atoms with van der Waals surface area (Å²) in [6.07, 6.45) is 5.59. The number of nitrogens with zero attached hydrogens (tertiary/aromatic N) is 2. The summed E-state index contributed by atoms with van der Waals surface area (Å²) in [4.78, 5) is 8.29. The third-order valence-electron chi connectivity index (χ3n) is 4.66. The van der Waals surface area contributed by atoms with Gasteiger partial charge in [-0.15, -0.1) is 11.3 Å². The first kappa shape index (κ1) is 14.5. The van der Waals surface area contributed by atoms with Crippen LogP contribution in [0.4, 0.5) is 0 Å². The maximum Gasteiger partial charge on any atom is 0.0959 e. The molecule has 1 aliphatic carbocycles. The Kier molecular flexibility index (Phi) is 3.91. The number of β-amino-alcohol motifs (C(OH)–C–C–N with tert-alkyl or cyclic N) is 1. The van der Waals surface area contributed by atoms with Crippen LogP contribution in [-0.2, 0) is 6.54 Å². The molecule has 0 unspecified atom stereocenters. The molecule has 3 nitrogen and oxygen atoms in total. The van der Waals surface area contributed by atoms with Crippen molar-refractivity contribution in [3.8, 4) is 0 Å². The molecule has 0 bridgehead atoms. The summed E-state index contributed by atoms with van der Waals surface area (Å²) in [6, 6.07) is 0. The Hall–Kier alpha value is -0.450. The third kappa shape index (κ3) is 3.23. The van der Waals surface area contributed by atoms with Crippen molar-refractivity contribution in [1.29, 1.82) is 0 Å². The summed E-state index contributed by atoms with van der Waals surface area (Å²) in [5.74, 6) is 1.17. The third-order valence-corrected chi connectivity index (χ3v) is 5.80. The van der Waals surface area contributed by atoms with E-state index in [1.807, 2.05) is 17.5 Å². The van der Waals surface area contributed by atoms with E-state index in [-0.39, 0.29) is 11.5 Å². The van der Waals surface area contributed by atoms with E-state index < -0.39 is 0 Å². The van der Waals surface area contributed by atoms with Crippen molar-refractivity contribution in [1.82, 2.24) is 9.88 Å². The van der Waals surface area contributed by atoms with Gasteiger partial charge >= 0.3 is 0 Å². The van der Waals surface area contributed by atoms with Gasteiger partial charge in [-0.1, -0.05) is 20.8 Å². The first-order valence-electron chi connectivity index (χ1n) is 7.78. The lowest BCUT2D eigenvalue weighted by atomic mass is 9.74.